The number of carbonyl (C=O) groups is 1. The Morgan fingerprint density at radius 3 is 2.53 bits per heavy atom. The van der Waals surface area contributed by atoms with E-state index in [1.54, 1.807) is 6.20 Å². The van der Waals surface area contributed by atoms with Crippen molar-refractivity contribution in [3.8, 4) is 0 Å². The predicted molar refractivity (Wildman–Crippen MR) is 72.4 cm³/mol. The number of nitrogen functional groups attached to an aromatic ring is 1. The van der Waals surface area contributed by atoms with E-state index >= 15 is 0 Å². The summed E-state index contributed by atoms with van der Waals surface area (Å²) in [4.78, 5) is 23.4. The molecule has 1 aliphatic carbocycles. The highest BCUT2D eigenvalue weighted by molar-refractivity contribution is 6.03. The van der Waals surface area contributed by atoms with E-state index in [9.17, 15) is 4.79 Å². The Hall–Kier alpha value is -2.18. The quantitative estimate of drug-likeness (QED) is 0.525. The number of hydrogen-bond acceptors (Lipinski definition) is 4. The summed E-state index contributed by atoms with van der Waals surface area (Å²) in [5.74, 6) is -0.517. The lowest BCUT2D eigenvalue weighted by Gasteiger charge is -2.20. The number of nitrogens with two attached hydrogens (primary N) is 3. The molecule has 0 radical (unpaired) electrons. The van der Waals surface area contributed by atoms with Crippen LogP contribution in [0.2, 0.25) is 0 Å². The summed E-state index contributed by atoms with van der Waals surface area (Å²) in [5, 5.41) is 0. The van der Waals surface area contributed by atoms with Crippen molar-refractivity contribution in [3.05, 3.63) is 17.6 Å². The second kappa shape index (κ2) is 5.64. The van der Waals surface area contributed by atoms with Gasteiger partial charge in [-0.25, -0.2) is 9.97 Å². The minimum absolute atomic E-state index is 0.00652. The van der Waals surface area contributed by atoms with E-state index < -0.39 is 5.91 Å². The summed E-state index contributed by atoms with van der Waals surface area (Å²) in [6.45, 7) is 0. The Labute approximate surface area is 111 Å². The van der Waals surface area contributed by atoms with E-state index in [1.165, 1.54) is 19.3 Å². The minimum Gasteiger partial charge on any atom is -0.382 e. The average molecular weight is 262 g/mol. The normalized spacial score (nSPS) is 16.0. The van der Waals surface area contributed by atoms with Gasteiger partial charge >= 0.3 is 5.91 Å². The first kappa shape index (κ1) is 13.3. The number of carbonyl (C=O) groups excluding carboxylic acids is 1. The summed E-state index contributed by atoms with van der Waals surface area (Å²) >= 11 is 0. The first-order valence-corrected chi connectivity index (χ1v) is 6.34. The van der Waals surface area contributed by atoms with Crippen LogP contribution in [0, 0.1) is 0 Å². The van der Waals surface area contributed by atoms with E-state index in [0.29, 0.717) is 5.92 Å². The van der Waals surface area contributed by atoms with Crippen LogP contribution in [-0.4, -0.2) is 21.8 Å². The van der Waals surface area contributed by atoms with Gasteiger partial charge in [-0.15, -0.1) is 0 Å². The number of anilines is 1. The van der Waals surface area contributed by atoms with Gasteiger partial charge in [0.2, 0.25) is 0 Å². The van der Waals surface area contributed by atoms with Gasteiger partial charge in [-0.3, -0.25) is 4.79 Å². The topological polar surface area (TPSA) is 133 Å². The fourth-order valence-electron chi connectivity index (χ4n) is 2.35. The molecule has 1 aliphatic rings. The van der Waals surface area contributed by atoms with Crippen molar-refractivity contribution in [1.82, 2.24) is 9.97 Å². The van der Waals surface area contributed by atoms with Crippen LogP contribution in [0.25, 0.3) is 0 Å². The van der Waals surface area contributed by atoms with Gasteiger partial charge in [-0.2, -0.15) is 4.99 Å². The van der Waals surface area contributed by atoms with Crippen molar-refractivity contribution >= 4 is 17.7 Å². The van der Waals surface area contributed by atoms with Crippen LogP contribution in [0.5, 0.6) is 0 Å². The van der Waals surface area contributed by atoms with Crippen molar-refractivity contribution in [1.29, 1.82) is 0 Å². The molecule has 0 aromatic carbocycles. The van der Waals surface area contributed by atoms with Crippen LogP contribution in [-0.2, 0) is 0 Å². The lowest BCUT2D eigenvalue weighted by atomic mass is 9.87. The SMILES string of the molecule is NC(N)=NC(=O)c1ncc(C2CCCCC2)nc1N. The fraction of sp³-hybridized carbons (Fsp3) is 0.500. The molecule has 1 heterocycles. The molecule has 0 bridgehead atoms. The van der Waals surface area contributed by atoms with Crippen LogP contribution in [0.4, 0.5) is 5.82 Å². The van der Waals surface area contributed by atoms with Crippen LogP contribution in [0.3, 0.4) is 0 Å². The predicted octanol–water partition coefficient (Wildman–Crippen LogP) is 0.520. The van der Waals surface area contributed by atoms with Gasteiger partial charge in [0.15, 0.2) is 17.5 Å². The molecule has 0 aliphatic heterocycles. The summed E-state index contributed by atoms with van der Waals surface area (Å²) in [5.41, 5.74) is 16.9. The Balaban J connectivity index is 2.21. The molecule has 102 valence electrons. The van der Waals surface area contributed by atoms with Crippen LogP contribution in [0.1, 0.15) is 54.2 Å². The Kier molecular flexibility index (Phi) is 3.94. The van der Waals surface area contributed by atoms with Gasteiger partial charge in [0.1, 0.15) is 0 Å². The highest BCUT2D eigenvalue weighted by Gasteiger charge is 2.20. The Morgan fingerprint density at radius 2 is 1.95 bits per heavy atom. The monoisotopic (exact) mass is 262 g/mol. The molecule has 0 saturated heterocycles. The molecule has 1 saturated carbocycles. The summed E-state index contributed by atoms with van der Waals surface area (Å²) in [6, 6.07) is 0. The number of rotatable bonds is 2. The van der Waals surface area contributed by atoms with Gasteiger partial charge in [-0.05, 0) is 12.8 Å². The molecule has 0 atom stereocenters. The van der Waals surface area contributed by atoms with Crippen molar-refractivity contribution in [2.24, 2.45) is 16.5 Å². The van der Waals surface area contributed by atoms with E-state index in [-0.39, 0.29) is 17.5 Å². The van der Waals surface area contributed by atoms with E-state index in [1.807, 2.05) is 0 Å². The molecule has 1 amide bonds. The molecule has 19 heavy (non-hydrogen) atoms. The zero-order valence-electron chi connectivity index (χ0n) is 10.7. The molecule has 1 fully saturated rings. The maximum absolute atomic E-state index is 11.6. The molecule has 2 rings (SSSR count). The van der Waals surface area contributed by atoms with Gasteiger partial charge in [-0.1, -0.05) is 19.3 Å². The first-order valence-electron chi connectivity index (χ1n) is 6.34. The lowest BCUT2D eigenvalue weighted by Crippen LogP contribution is -2.25. The second-order valence-electron chi connectivity index (χ2n) is 4.71. The van der Waals surface area contributed by atoms with Crippen molar-refractivity contribution in [2.75, 3.05) is 5.73 Å². The van der Waals surface area contributed by atoms with Crippen LogP contribution in [0.15, 0.2) is 11.2 Å². The van der Waals surface area contributed by atoms with Gasteiger partial charge in [0.25, 0.3) is 0 Å². The molecule has 0 spiro atoms. The number of aromatic nitrogens is 2. The molecule has 1 aromatic rings. The summed E-state index contributed by atoms with van der Waals surface area (Å²) in [7, 11) is 0. The molecule has 7 nitrogen and oxygen atoms in total. The zero-order chi connectivity index (χ0) is 13.8. The van der Waals surface area contributed by atoms with Gasteiger partial charge in [0.05, 0.1) is 5.69 Å². The average Bonchev–Trinajstić information content (AvgIpc) is 2.38. The maximum Gasteiger partial charge on any atom is 0.302 e. The third-order valence-electron chi connectivity index (χ3n) is 3.27. The van der Waals surface area contributed by atoms with Crippen molar-refractivity contribution < 1.29 is 4.79 Å². The highest BCUT2D eigenvalue weighted by Crippen LogP contribution is 2.31. The largest absolute Gasteiger partial charge is 0.382 e. The van der Waals surface area contributed by atoms with Gasteiger partial charge < -0.3 is 17.2 Å². The maximum atomic E-state index is 11.6. The molecular weight excluding hydrogens is 244 g/mol. The lowest BCUT2D eigenvalue weighted by molar-refractivity contribution is 0.0998. The van der Waals surface area contributed by atoms with Gasteiger partial charge in [0, 0.05) is 12.1 Å². The number of aliphatic imine (C=N–C) groups is 1. The second-order valence-corrected chi connectivity index (χ2v) is 4.71. The smallest absolute Gasteiger partial charge is 0.302 e. The number of amides is 1. The van der Waals surface area contributed by atoms with E-state index in [0.717, 1.165) is 18.5 Å². The van der Waals surface area contributed by atoms with Crippen LogP contribution >= 0.6 is 0 Å². The van der Waals surface area contributed by atoms with Crippen LogP contribution < -0.4 is 17.2 Å². The third-order valence-corrected chi connectivity index (χ3v) is 3.27. The molecule has 7 heteroatoms. The number of guanidine groups is 1. The molecular formula is C12H18N6O. The van der Waals surface area contributed by atoms with E-state index in [2.05, 4.69) is 15.0 Å². The molecule has 6 N–H and O–H groups in total. The van der Waals surface area contributed by atoms with Crippen molar-refractivity contribution in [2.45, 2.75) is 38.0 Å². The fourth-order valence-corrected chi connectivity index (χ4v) is 2.35. The standard InChI is InChI=1S/C12H18N6O/c13-10-9(11(19)18-12(14)15)16-6-8(17-10)7-4-2-1-3-5-7/h6-7H,1-5H2,(H2,13,17)(H4,14,15,18,19). The Bertz CT molecular complexity index is 503. The first-order chi connectivity index (χ1) is 9.08. The summed E-state index contributed by atoms with van der Waals surface area (Å²) < 4.78 is 0. The summed E-state index contributed by atoms with van der Waals surface area (Å²) in [6.07, 6.45) is 7.44. The number of nitrogens with zero attached hydrogens (tertiary/aromatic N) is 3. The highest BCUT2D eigenvalue weighted by atomic mass is 16.1. The molecule has 0 unspecified atom stereocenters. The molecule has 1 aromatic heterocycles. The Morgan fingerprint density at radius 1 is 1.26 bits per heavy atom. The minimum atomic E-state index is -0.666. The third kappa shape index (κ3) is 3.18. The zero-order valence-corrected chi connectivity index (χ0v) is 10.7. The number of hydrogen-bond donors (Lipinski definition) is 3. The van der Waals surface area contributed by atoms with Crippen molar-refractivity contribution in [3.63, 3.8) is 0 Å². The van der Waals surface area contributed by atoms with E-state index in [4.69, 9.17) is 17.2 Å².